The number of carbonyl (C=O) groups is 1. The molecule has 0 fully saturated rings. The first-order valence-corrected chi connectivity index (χ1v) is 6.45. The summed E-state index contributed by atoms with van der Waals surface area (Å²) in [5.41, 5.74) is 1.42. The number of benzene rings is 1. The molecule has 0 saturated carbocycles. The van der Waals surface area contributed by atoms with E-state index in [-0.39, 0.29) is 5.91 Å². The summed E-state index contributed by atoms with van der Waals surface area (Å²) in [6.07, 6.45) is 0. The predicted octanol–water partition coefficient (Wildman–Crippen LogP) is 2.34. The minimum atomic E-state index is -0.0292. The van der Waals surface area contributed by atoms with Gasteiger partial charge in [-0.2, -0.15) is 0 Å². The van der Waals surface area contributed by atoms with Gasteiger partial charge in [-0.1, -0.05) is 5.16 Å². The van der Waals surface area contributed by atoms with E-state index in [2.05, 4.69) is 5.16 Å². The van der Waals surface area contributed by atoms with Crippen LogP contribution in [0, 0.1) is 0 Å². The Balaban J connectivity index is 2.30. The molecule has 0 radical (unpaired) electrons. The lowest BCUT2D eigenvalue weighted by atomic mass is 10.1. The number of ether oxygens (including phenoxy) is 2. The van der Waals surface area contributed by atoms with Crippen LogP contribution in [0.1, 0.15) is 12.6 Å². The number of amides is 1. The number of rotatable bonds is 5. The first-order valence-electron chi connectivity index (χ1n) is 6.45. The van der Waals surface area contributed by atoms with E-state index in [9.17, 15) is 4.79 Å². The van der Waals surface area contributed by atoms with Gasteiger partial charge in [-0.05, 0) is 18.2 Å². The summed E-state index contributed by atoms with van der Waals surface area (Å²) in [6, 6.07) is 7.22. The molecule has 6 nitrogen and oxygen atoms in total. The zero-order chi connectivity index (χ0) is 15.4. The molecule has 112 valence electrons. The first kappa shape index (κ1) is 14.9. The largest absolute Gasteiger partial charge is 0.497 e. The Labute approximate surface area is 123 Å². The monoisotopic (exact) mass is 290 g/mol. The van der Waals surface area contributed by atoms with Gasteiger partial charge in [0.25, 0.3) is 0 Å². The van der Waals surface area contributed by atoms with E-state index in [0.29, 0.717) is 29.5 Å². The van der Waals surface area contributed by atoms with Gasteiger partial charge in [-0.15, -0.1) is 0 Å². The van der Waals surface area contributed by atoms with Crippen LogP contribution in [0.5, 0.6) is 11.5 Å². The van der Waals surface area contributed by atoms with Crippen LogP contribution in [0.2, 0.25) is 0 Å². The average Bonchev–Trinajstić information content (AvgIpc) is 2.94. The highest BCUT2D eigenvalue weighted by molar-refractivity contribution is 5.73. The normalized spacial score (nSPS) is 10.3. The van der Waals surface area contributed by atoms with Crippen molar-refractivity contribution in [3.05, 3.63) is 30.0 Å². The fraction of sp³-hybridized carbons (Fsp3) is 0.333. The fourth-order valence-electron chi connectivity index (χ4n) is 1.87. The highest BCUT2D eigenvalue weighted by Crippen LogP contribution is 2.33. The number of aromatic nitrogens is 1. The summed E-state index contributed by atoms with van der Waals surface area (Å²) in [5, 5.41) is 3.98. The molecule has 0 aliphatic rings. The van der Waals surface area contributed by atoms with Crippen molar-refractivity contribution >= 4 is 5.91 Å². The Hall–Kier alpha value is -2.50. The smallest absolute Gasteiger partial charge is 0.219 e. The van der Waals surface area contributed by atoms with Gasteiger partial charge >= 0.3 is 0 Å². The van der Waals surface area contributed by atoms with Gasteiger partial charge in [-0.25, -0.2) is 0 Å². The maximum absolute atomic E-state index is 11.2. The highest BCUT2D eigenvalue weighted by Gasteiger charge is 2.14. The molecule has 0 aliphatic carbocycles. The second-order valence-corrected chi connectivity index (χ2v) is 4.62. The van der Waals surface area contributed by atoms with Gasteiger partial charge in [0.1, 0.15) is 17.2 Å². The van der Waals surface area contributed by atoms with Crippen molar-refractivity contribution in [2.24, 2.45) is 0 Å². The topological polar surface area (TPSA) is 64.8 Å². The maximum atomic E-state index is 11.2. The maximum Gasteiger partial charge on any atom is 0.219 e. The molecule has 2 aromatic rings. The summed E-state index contributed by atoms with van der Waals surface area (Å²) >= 11 is 0. The molecule has 0 aliphatic heterocycles. The summed E-state index contributed by atoms with van der Waals surface area (Å²) < 4.78 is 15.9. The number of hydrogen-bond acceptors (Lipinski definition) is 5. The highest BCUT2D eigenvalue weighted by atomic mass is 16.5. The van der Waals surface area contributed by atoms with Gasteiger partial charge in [0.05, 0.1) is 26.3 Å². The third-order valence-electron chi connectivity index (χ3n) is 3.17. The number of carbonyl (C=O) groups excluding carboxylic acids is 1. The Bertz CT molecular complexity index is 636. The van der Waals surface area contributed by atoms with Gasteiger partial charge in [0.15, 0.2) is 5.76 Å². The minimum absolute atomic E-state index is 0.0292. The molecule has 0 saturated heterocycles. The lowest BCUT2D eigenvalue weighted by Gasteiger charge is -2.11. The molecule has 21 heavy (non-hydrogen) atoms. The predicted molar refractivity (Wildman–Crippen MR) is 77.2 cm³/mol. The van der Waals surface area contributed by atoms with Crippen molar-refractivity contribution in [3.63, 3.8) is 0 Å². The molecule has 1 aromatic carbocycles. The third-order valence-corrected chi connectivity index (χ3v) is 3.17. The van der Waals surface area contributed by atoms with Crippen molar-refractivity contribution in [1.29, 1.82) is 0 Å². The molecule has 1 aromatic heterocycles. The van der Waals surface area contributed by atoms with Crippen LogP contribution < -0.4 is 9.47 Å². The van der Waals surface area contributed by atoms with Gasteiger partial charge in [0.2, 0.25) is 5.91 Å². The number of methoxy groups -OCH3 is 2. The van der Waals surface area contributed by atoms with Crippen LogP contribution in [0.3, 0.4) is 0 Å². The third kappa shape index (κ3) is 3.34. The Morgan fingerprint density at radius 2 is 2.05 bits per heavy atom. The van der Waals surface area contributed by atoms with E-state index in [1.807, 2.05) is 12.1 Å². The van der Waals surface area contributed by atoms with Crippen molar-refractivity contribution < 1.29 is 18.8 Å². The van der Waals surface area contributed by atoms with Gasteiger partial charge < -0.3 is 18.9 Å². The Kier molecular flexibility index (Phi) is 4.47. The molecule has 0 bridgehead atoms. The van der Waals surface area contributed by atoms with E-state index in [0.717, 1.165) is 5.56 Å². The second kappa shape index (κ2) is 6.30. The van der Waals surface area contributed by atoms with Crippen LogP contribution in [0.15, 0.2) is 28.8 Å². The lowest BCUT2D eigenvalue weighted by molar-refractivity contribution is -0.128. The van der Waals surface area contributed by atoms with Crippen LogP contribution in [0.25, 0.3) is 11.3 Å². The summed E-state index contributed by atoms with van der Waals surface area (Å²) in [7, 11) is 4.90. The zero-order valence-electron chi connectivity index (χ0n) is 12.5. The van der Waals surface area contributed by atoms with E-state index < -0.39 is 0 Å². The molecular formula is C15H18N2O4. The standard InChI is InChI=1S/C15H18N2O4/c1-10(18)17(2)9-11-7-15(21-16-11)13-8-12(19-3)5-6-14(13)20-4/h5-8H,9H2,1-4H3. The minimum Gasteiger partial charge on any atom is -0.497 e. The number of hydrogen-bond donors (Lipinski definition) is 0. The molecule has 0 atom stereocenters. The number of nitrogens with zero attached hydrogens (tertiary/aromatic N) is 2. The van der Waals surface area contributed by atoms with Gasteiger partial charge in [0, 0.05) is 20.0 Å². The molecule has 6 heteroatoms. The van der Waals surface area contributed by atoms with Crippen LogP contribution in [-0.4, -0.2) is 37.2 Å². The van der Waals surface area contributed by atoms with Crippen molar-refractivity contribution in [2.45, 2.75) is 13.5 Å². The van der Waals surface area contributed by atoms with E-state index in [1.165, 1.54) is 6.92 Å². The lowest BCUT2D eigenvalue weighted by Crippen LogP contribution is -2.23. The molecular weight excluding hydrogens is 272 g/mol. The molecule has 0 spiro atoms. The van der Waals surface area contributed by atoms with E-state index >= 15 is 0 Å². The quantitative estimate of drug-likeness (QED) is 0.845. The van der Waals surface area contributed by atoms with Crippen LogP contribution in [0.4, 0.5) is 0 Å². The molecule has 0 N–H and O–H groups in total. The second-order valence-electron chi connectivity index (χ2n) is 4.62. The van der Waals surface area contributed by atoms with Crippen LogP contribution >= 0.6 is 0 Å². The average molecular weight is 290 g/mol. The zero-order valence-corrected chi connectivity index (χ0v) is 12.5. The van der Waals surface area contributed by atoms with Crippen molar-refractivity contribution in [2.75, 3.05) is 21.3 Å². The SMILES string of the molecule is COc1ccc(OC)c(-c2cc(CN(C)C(C)=O)no2)c1. The fourth-order valence-corrected chi connectivity index (χ4v) is 1.87. The van der Waals surface area contributed by atoms with Crippen molar-refractivity contribution in [3.8, 4) is 22.8 Å². The molecule has 1 amide bonds. The Morgan fingerprint density at radius 1 is 1.29 bits per heavy atom. The summed E-state index contributed by atoms with van der Waals surface area (Å²) in [4.78, 5) is 12.8. The first-order chi connectivity index (χ1) is 10.0. The molecule has 0 unspecified atom stereocenters. The van der Waals surface area contributed by atoms with E-state index in [4.69, 9.17) is 14.0 Å². The van der Waals surface area contributed by atoms with E-state index in [1.54, 1.807) is 38.3 Å². The Morgan fingerprint density at radius 3 is 2.67 bits per heavy atom. The molecule has 2 rings (SSSR count). The van der Waals surface area contributed by atoms with Gasteiger partial charge in [-0.3, -0.25) is 4.79 Å². The van der Waals surface area contributed by atoms with Crippen LogP contribution in [-0.2, 0) is 11.3 Å². The molecule has 1 heterocycles. The summed E-state index contributed by atoms with van der Waals surface area (Å²) in [5.74, 6) is 1.90. The summed E-state index contributed by atoms with van der Waals surface area (Å²) in [6.45, 7) is 1.90. The van der Waals surface area contributed by atoms with Crippen molar-refractivity contribution in [1.82, 2.24) is 10.1 Å².